The Labute approximate surface area is 415 Å². The minimum Gasteiger partial charge on any atom is -0.481 e. The number of aryl methyl sites for hydroxylation is 1. The summed E-state index contributed by atoms with van der Waals surface area (Å²) >= 11 is 0. The predicted octanol–water partition coefficient (Wildman–Crippen LogP) is 6.45. The number of carboxylic acids is 2. The molecule has 11 aliphatic carbocycles. The highest BCUT2D eigenvalue weighted by Crippen LogP contribution is 2.98. The summed E-state index contributed by atoms with van der Waals surface area (Å²) in [6.07, 6.45) is 22.8. The van der Waals surface area contributed by atoms with Crippen molar-refractivity contribution in [3.05, 3.63) is 83.3 Å². The van der Waals surface area contributed by atoms with E-state index in [1.807, 2.05) is 0 Å². The number of carbonyl (C=O) groups is 3. The first-order valence-corrected chi connectivity index (χ1v) is 27.0. The van der Waals surface area contributed by atoms with Crippen LogP contribution in [0.4, 0.5) is 0 Å². The van der Waals surface area contributed by atoms with E-state index >= 15 is 4.79 Å². The average molecular weight is 973 g/mol. The molecule has 2 aliphatic heterocycles. The first kappa shape index (κ1) is 45.7. The van der Waals surface area contributed by atoms with Gasteiger partial charge >= 0.3 is 11.9 Å². The molecule has 13 aliphatic rings. The smallest absolute Gasteiger partial charge is 0.335 e. The first-order chi connectivity index (χ1) is 33.8. The van der Waals surface area contributed by atoms with Crippen LogP contribution in [0.5, 0.6) is 0 Å². The summed E-state index contributed by atoms with van der Waals surface area (Å²) in [7, 11) is 1.70. The second-order valence-corrected chi connectivity index (χ2v) is 26.4. The highest BCUT2D eigenvalue weighted by atomic mass is 16.7. The fourth-order valence-electron chi connectivity index (χ4n) is 23.2. The van der Waals surface area contributed by atoms with Gasteiger partial charge in [0.05, 0.1) is 23.5 Å². The number of aliphatic hydroxyl groups excluding tert-OH is 3. The second kappa shape index (κ2) is 13.7. The Balaban J connectivity index is 1.07. The predicted molar refractivity (Wildman–Crippen MR) is 258 cm³/mol. The van der Waals surface area contributed by atoms with E-state index in [4.69, 9.17) is 14.2 Å². The van der Waals surface area contributed by atoms with E-state index in [1.54, 1.807) is 7.11 Å². The summed E-state index contributed by atoms with van der Waals surface area (Å²) in [4.78, 5) is 47.2. The number of carboxylic acid groups (broad SMARTS) is 2. The van der Waals surface area contributed by atoms with Crippen LogP contribution in [0.25, 0.3) is 0 Å². The highest BCUT2D eigenvalue weighted by molar-refractivity contribution is 5.92. The number of hydrogen-bond acceptors (Lipinski definition) is 9. The molecular formula is C58H72N2O11. The van der Waals surface area contributed by atoms with Gasteiger partial charge in [-0.2, -0.15) is 0 Å². The molecule has 13 heteroatoms. The molecule has 8 fully saturated rings. The van der Waals surface area contributed by atoms with Gasteiger partial charge in [0.15, 0.2) is 12.4 Å². The van der Waals surface area contributed by atoms with E-state index < -0.39 is 109 Å². The number of amides is 1. The standard InChI is InChI=1S/C58H72N2O11/c1-7-29-26-59-27-30(29)21-31-9-10-35-36-13-18-53-24-33-12-17-52-16-11-32-22-37-55-15-8-14-50(4,46(55)60-47(53)66)23-34(28-69-6)54(55,48(67)68)19-20-56(37,53)51(36,5)57(32,33)58(31,52)43(35)49(2,3)38(25-52)70-45-41(63)39(61)40(62)42(71-45)44(64)65/h8-10,12,15,17,22,24,26-27,31-32,34-36,38-43,45-46,59,61-63H,7,11,13-14,16,18-21,23,25,28H2,1-6H3,(H,60,66)(H,64,65)(H,67,68). The zero-order valence-corrected chi connectivity index (χ0v) is 41.9. The molecule has 2 saturated heterocycles. The van der Waals surface area contributed by atoms with Gasteiger partial charge in [-0.3, -0.25) is 9.59 Å². The van der Waals surface area contributed by atoms with E-state index in [0.717, 1.165) is 38.5 Å². The fraction of sp³-hybridized carbons (Fsp3) is 0.707. The molecule has 22 unspecified atom stereocenters. The van der Waals surface area contributed by atoms with Gasteiger partial charge < -0.3 is 50.0 Å². The molecule has 3 heterocycles. The number of fused-ring (bicyclic) bond motifs is 1. The molecule has 14 rings (SSSR count). The maximum Gasteiger partial charge on any atom is 0.335 e. The number of rotatable bonds is 9. The third-order valence-corrected chi connectivity index (χ3v) is 24.8. The van der Waals surface area contributed by atoms with Crippen molar-refractivity contribution in [2.75, 3.05) is 13.7 Å². The number of aromatic nitrogens is 1. The average Bonchev–Trinajstić information content (AvgIpc) is 3.76. The lowest BCUT2D eigenvalue weighted by atomic mass is 9.10. The summed E-state index contributed by atoms with van der Waals surface area (Å²) in [5.41, 5.74) is -1.77. The molecule has 9 bridgehead atoms. The van der Waals surface area contributed by atoms with Crippen molar-refractivity contribution in [3.8, 4) is 0 Å². The summed E-state index contributed by atoms with van der Waals surface area (Å²) in [5, 5.41) is 59.6. The van der Waals surface area contributed by atoms with E-state index in [1.165, 1.54) is 22.3 Å². The molecule has 0 aromatic carbocycles. The molecular weight excluding hydrogens is 901 g/mol. The van der Waals surface area contributed by atoms with Crippen LogP contribution in [-0.4, -0.2) is 105 Å². The van der Waals surface area contributed by atoms with Crippen LogP contribution in [-0.2, 0) is 41.4 Å². The number of allylic oxidation sites excluding steroid dienone is 7. The van der Waals surface area contributed by atoms with Gasteiger partial charge in [-0.15, -0.1) is 0 Å². The van der Waals surface area contributed by atoms with Crippen molar-refractivity contribution in [1.82, 2.24) is 10.3 Å². The maximum absolute atomic E-state index is 16.4. The van der Waals surface area contributed by atoms with Crippen molar-refractivity contribution < 1.29 is 54.1 Å². The van der Waals surface area contributed by atoms with Crippen molar-refractivity contribution in [2.24, 2.45) is 89.7 Å². The summed E-state index contributed by atoms with van der Waals surface area (Å²) in [5.74, 6) is -2.30. The third-order valence-electron chi connectivity index (χ3n) is 24.8. The van der Waals surface area contributed by atoms with Crippen LogP contribution < -0.4 is 5.32 Å². The number of aliphatic hydroxyl groups is 3. The van der Waals surface area contributed by atoms with E-state index in [9.17, 15) is 35.1 Å². The Morgan fingerprint density at radius 3 is 2.46 bits per heavy atom. The Morgan fingerprint density at radius 2 is 1.72 bits per heavy atom. The van der Waals surface area contributed by atoms with Gasteiger partial charge in [-0.1, -0.05) is 88.8 Å². The zero-order chi connectivity index (χ0) is 49.6. The lowest BCUT2D eigenvalue weighted by Crippen LogP contribution is -2.89. The quantitative estimate of drug-likeness (QED) is 0.106. The summed E-state index contributed by atoms with van der Waals surface area (Å²) in [6, 6.07) is -0.414. The van der Waals surface area contributed by atoms with Gasteiger partial charge in [0.2, 0.25) is 5.91 Å². The van der Waals surface area contributed by atoms with Crippen molar-refractivity contribution in [2.45, 2.75) is 148 Å². The molecule has 1 aromatic rings. The minimum absolute atomic E-state index is 0.00908. The van der Waals surface area contributed by atoms with Crippen LogP contribution in [0.2, 0.25) is 0 Å². The molecule has 22 atom stereocenters. The number of methoxy groups -OCH3 is 1. The zero-order valence-electron chi connectivity index (χ0n) is 41.9. The molecule has 7 N–H and O–H groups in total. The van der Waals surface area contributed by atoms with Crippen molar-refractivity contribution in [1.29, 1.82) is 0 Å². The number of aromatic amines is 1. The van der Waals surface area contributed by atoms with Crippen LogP contribution in [0, 0.1) is 89.7 Å². The Kier molecular flexibility index (Phi) is 8.83. The number of aliphatic carboxylic acids is 2. The summed E-state index contributed by atoms with van der Waals surface area (Å²) in [6.45, 7) is 12.1. The molecule has 1 aromatic heterocycles. The maximum atomic E-state index is 16.4. The van der Waals surface area contributed by atoms with Crippen LogP contribution >= 0.6 is 0 Å². The van der Waals surface area contributed by atoms with E-state index in [0.29, 0.717) is 38.7 Å². The Bertz CT molecular complexity index is 2760. The number of hydrogen-bond donors (Lipinski definition) is 7. The van der Waals surface area contributed by atoms with Crippen LogP contribution in [0.3, 0.4) is 0 Å². The Morgan fingerprint density at radius 1 is 0.930 bits per heavy atom. The van der Waals surface area contributed by atoms with E-state index in [-0.39, 0.29) is 41.4 Å². The molecule has 380 valence electrons. The summed E-state index contributed by atoms with van der Waals surface area (Å²) < 4.78 is 19.1. The van der Waals surface area contributed by atoms with E-state index in [2.05, 4.69) is 106 Å². The van der Waals surface area contributed by atoms with Crippen LogP contribution in [0.1, 0.15) is 104 Å². The largest absolute Gasteiger partial charge is 0.481 e. The molecule has 71 heavy (non-hydrogen) atoms. The van der Waals surface area contributed by atoms with Crippen LogP contribution in [0.15, 0.2) is 72.1 Å². The van der Waals surface area contributed by atoms with Gasteiger partial charge in [0.25, 0.3) is 0 Å². The third kappa shape index (κ3) is 4.35. The minimum atomic E-state index is -1.83. The number of nitrogens with one attached hydrogen (secondary N) is 2. The highest BCUT2D eigenvalue weighted by Gasteiger charge is 2.95. The molecule has 1 amide bonds. The number of carbonyl (C=O) groups excluding carboxylic acids is 1. The molecule has 13 nitrogen and oxygen atoms in total. The Hall–Kier alpha value is -3.85. The van der Waals surface area contributed by atoms with Crippen molar-refractivity contribution >= 4 is 17.8 Å². The molecule has 4 spiro atoms. The fourth-order valence-corrected chi connectivity index (χ4v) is 23.2. The first-order valence-electron chi connectivity index (χ1n) is 27.0. The monoisotopic (exact) mass is 973 g/mol. The lowest BCUT2D eigenvalue weighted by molar-refractivity contribution is -0.400. The number of ether oxygens (including phenoxy) is 3. The molecule has 6 saturated carbocycles. The SMILES string of the molecule is CCc1c[nH]cc1CC1C=CC2C3CCC45C=C6C=CC78CCC9C=C%10C%11%12C=CCC(C)(CC(COC)C%11(C(=O)O)CCC%104C3(C)C69C17C2C(C)(C)C(OC1OC(C(=O)O)C(O)C(O)C1O)C8)C%12NC5=O. The topological polar surface area (TPSA) is 208 Å². The van der Waals surface area contributed by atoms with Gasteiger partial charge in [0.1, 0.15) is 18.3 Å². The lowest BCUT2D eigenvalue weighted by Gasteiger charge is -2.92. The van der Waals surface area contributed by atoms with Gasteiger partial charge in [-0.25, -0.2) is 4.79 Å². The normalized spacial score (nSPS) is 55.1. The van der Waals surface area contributed by atoms with Crippen molar-refractivity contribution in [3.63, 3.8) is 0 Å². The van der Waals surface area contributed by atoms with Gasteiger partial charge in [-0.05, 0) is 139 Å². The van der Waals surface area contributed by atoms with Gasteiger partial charge in [0, 0.05) is 53.1 Å². The second-order valence-electron chi connectivity index (χ2n) is 26.4. The number of H-pyrrole nitrogens is 1. The molecule has 0 radical (unpaired) electrons.